The molecule has 2 aliphatic rings. The minimum Gasteiger partial charge on any atom is -0.476 e. The smallest absolute Gasteiger partial charge is 0.356 e. The van der Waals surface area contributed by atoms with E-state index in [9.17, 15) is 15.0 Å². The van der Waals surface area contributed by atoms with E-state index >= 15 is 0 Å². The summed E-state index contributed by atoms with van der Waals surface area (Å²) < 4.78 is 1.81. The Balaban J connectivity index is 1.90. The van der Waals surface area contributed by atoms with Crippen molar-refractivity contribution in [1.82, 2.24) is 14.5 Å². The molecule has 3 heterocycles. The summed E-state index contributed by atoms with van der Waals surface area (Å²) >= 11 is 0. The average Bonchev–Trinajstić information content (AvgIpc) is 2.88. The highest BCUT2D eigenvalue weighted by atomic mass is 16.4. The molecular weight excluding hydrogens is 282 g/mol. The molecule has 0 radical (unpaired) electrons. The van der Waals surface area contributed by atoms with E-state index in [1.165, 1.54) is 0 Å². The van der Waals surface area contributed by atoms with Crippen molar-refractivity contribution < 1.29 is 15.0 Å². The van der Waals surface area contributed by atoms with Crippen molar-refractivity contribution >= 4 is 5.97 Å². The third-order valence-corrected chi connectivity index (χ3v) is 5.04. The maximum Gasteiger partial charge on any atom is 0.356 e. The van der Waals surface area contributed by atoms with Gasteiger partial charge in [0.05, 0.1) is 5.69 Å². The normalized spacial score (nSPS) is 23.7. The topological polar surface area (TPSA) is 78.6 Å². The zero-order valence-corrected chi connectivity index (χ0v) is 13.3. The van der Waals surface area contributed by atoms with Gasteiger partial charge >= 0.3 is 5.97 Å². The molecule has 122 valence electrons. The summed E-state index contributed by atoms with van der Waals surface area (Å²) in [5.41, 5.74) is 0.840. The Morgan fingerprint density at radius 2 is 1.95 bits per heavy atom. The van der Waals surface area contributed by atoms with Gasteiger partial charge in [0.1, 0.15) is 12.1 Å². The molecule has 1 aromatic rings. The van der Waals surface area contributed by atoms with Crippen LogP contribution in [0, 0.1) is 0 Å². The molecule has 0 aliphatic carbocycles. The van der Waals surface area contributed by atoms with Crippen LogP contribution in [-0.2, 0) is 6.42 Å². The molecular formula is C16H25N3O3. The molecule has 2 N–H and O–H groups in total. The number of hydrogen-bond acceptors (Lipinski definition) is 4. The van der Waals surface area contributed by atoms with Crippen LogP contribution in [0.4, 0.5) is 0 Å². The highest BCUT2D eigenvalue weighted by molar-refractivity contribution is 5.87. The molecule has 0 bridgehead atoms. The van der Waals surface area contributed by atoms with Gasteiger partial charge in [0.25, 0.3) is 0 Å². The third kappa shape index (κ3) is 2.65. The Bertz CT molecular complexity index is 559. The van der Waals surface area contributed by atoms with Gasteiger partial charge in [-0.1, -0.05) is 0 Å². The number of aromatic carboxylic acids is 1. The van der Waals surface area contributed by atoms with E-state index in [0.717, 1.165) is 38.2 Å². The Morgan fingerprint density at radius 3 is 2.55 bits per heavy atom. The first-order valence-electron chi connectivity index (χ1n) is 8.25. The van der Waals surface area contributed by atoms with Gasteiger partial charge in [0.2, 0.25) is 0 Å². The number of imidazole rings is 1. The molecule has 0 amide bonds. The fraction of sp³-hybridized carbons (Fsp3) is 0.750. The quantitative estimate of drug-likeness (QED) is 0.893. The van der Waals surface area contributed by atoms with Crippen LogP contribution < -0.4 is 0 Å². The second kappa shape index (κ2) is 6.01. The number of fused-ring (bicyclic) bond motifs is 1. The molecule has 6 nitrogen and oxygen atoms in total. The monoisotopic (exact) mass is 307 g/mol. The van der Waals surface area contributed by atoms with Crippen molar-refractivity contribution in [2.24, 2.45) is 0 Å². The number of carboxylic acid groups (broad SMARTS) is 1. The van der Waals surface area contributed by atoms with Gasteiger partial charge in [-0.25, -0.2) is 9.78 Å². The molecule has 2 aliphatic heterocycles. The summed E-state index contributed by atoms with van der Waals surface area (Å²) in [6, 6.07) is 0.537. The summed E-state index contributed by atoms with van der Waals surface area (Å²) in [7, 11) is 0. The SMILES string of the molecule is CC(C)N1CCC(c2nc(C(=O)O)c3n2C(O)CCC3)CC1. The molecule has 6 heteroatoms. The van der Waals surface area contributed by atoms with Crippen molar-refractivity contribution in [3.63, 3.8) is 0 Å². The zero-order chi connectivity index (χ0) is 15.9. The molecule has 0 aromatic carbocycles. The van der Waals surface area contributed by atoms with Crippen LogP contribution >= 0.6 is 0 Å². The lowest BCUT2D eigenvalue weighted by Crippen LogP contribution is -2.38. The van der Waals surface area contributed by atoms with Gasteiger partial charge in [0.15, 0.2) is 5.69 Å². The van der Waals surface area contributed by atoms with Gasteiger partial charge in [-0.3, -0.25) is 0 Å². The minimum atomic E-state index is -0.983. The average molecular weight is 307 g/mol. The number of piperidine rings is 1. The molecule has 1 aromatic heterocycles. The molecule has 0 spiro atoms. The maximum absolute atomic E-state index is 11.5. The van der Waals surface area contributed by atoms with Crippen molar-refractivity contribution in [3.8, 4) is 0 Å². The van der Waals surface area contributed by atoms with E-state index < -0.39 is 12.2 Å². The standard InChI is InChI=1S/C16H25N3O3/c1-10(2)18-8-6-11(7-9-18)15-17-14(16(21)22)12-4-3-5-13(20)19(12)15/h10-11,13,20H,3-9H2,1-2H3,(H,21,22). The van der Waals surface area contributed by atoms with Crippen molar-refractivity contribution in [2.45, 2.75) is 64.1 Å². The van der Waals surface area contributed by atoms with Crippen molar-refractivity contribution in [3.05, 3.63) is 17.2 Å². The number of carbonyl (C=O) groups is 1. The maximum atomic E-state index is 11.5. The number of rotatable bonds is 3. The van der Waals surface area contributed by atoms with Crippen LogP contribution in [0.2, 0.25) is 0 Å². The molecule has 1 saturated heterocycles. The Morgan fingerprint density at radius 1 is 1.27 bits per heavy atom. The molecule has 22 heavy (non-hydrogen) atoms. The highest BCUT2D eigenvalue weighted by Crippen LogP contribution is 2.35. The second-order valence-electron chi connectivity index (χ2n) is 6.72. The highest BCUT2D eigenvalue weighted by Gasteiger charge is 2.33. The summed E-state index contributed by atoms with van der Waals surface area (Å²) in [4.78, 5) is 18.3. The lowest BCUT2D eigenvalue weighted by atomic mass is 9.94. The second-order valence-corrected chi connectivity index (χ2v) is 6.72. The van der Waals surface area contributed by atoms with E-state index in [0.29, 0.717) is 24.6 Å². The fourth-order valence-corrected chi connectivity index (χ4v) is 3.77. The zero-order valence-electron chi connectivity index (χ0n) is 13.3. The van der Waals surface area contributed by atoms with E-state index in [1.807, 2.05) is 4.57 Å². The number of aromatic nitrogens is 2. The summed E-state index contributed by atoms with van der Waals surface area (Å²) in [5.74, 6) is 0.0429. The number of aliphatic hydroxyl groups is 1. The van der Waals surface area contributed by atoms with Gasteiger partial charge in [-0.2, -0.15) is 0 Å². The van der Waals surface area contributed by atoms with Crippen LogP contribution in [-0.4, -0.2) is 49.8 Å². The Hall–Kier alpha value is -1.40. The van der Waals surface area contributed by atoms with Crippen molar-refractivity contribution in [2.75, 3.05) is 13.1 Å². The number of aliphatic hydroxyl groups excluding tert-OH is 1. The number of likely N-dealkylation sites (tertiary alicyclic amines) is 1. The first kappa shape index (κ1) is 15.5. The minimum absolute atomic E-state index is 0.139. The Labute approximate surface area is 130 Å². The van der Waals surface area contributed by atoms with E-state index in [2.05, 4.69) is 23.7 Å². The first-order valence-corrected chi connectivity index (χ1v) is 8.25. The number of hydrogen-bond donors (Lipinski definition) is 2. The van der Waals surface area contributed by atoms with Crippen LogP contribution in [0.3, 0.4) is 0 Å². The van der Waals surface area contributed by atoms with Crippen LogP contribution in [0.5, 0.6) is 0 Å². The summed E-state index contributed by atoms with van der Waals surface area (Å²) in [6.45, 7) is 6.40. The van der Waals surface area contributed by atoms with Crippen molar-refractivity contribution in [1.29, 1.82) is 0 Å². The first-order chi connectivity index (χ1) is 10.5. The van der Waals surface area contributed by atoms with E-state index in [-0.39, 0.29) is 11.6 Å². The molecule has 1 unspecified atom stereocenters. The number of nitrogens with zero attached hydrogens (tertiary/aromatic N) is 3. The van der Waals surface area contributed by atoms with Crippen LogP contribution in [0.25, 0.3) is 0 Å². The van der Waals surface area contributed by atoms with E-state index in [1.54, 1.807) is 0 Å². The van der Waals surface area contributed by atoms with Crippen LogP contribution in [0.15, 0.2) is 0 Å². The molecule has 0 saturated carbocycles. The van der Waals surface area contributed by atoms with Crippen LogP contribution in [0.1, 0.15) is 73.7 Å². The predicted octanol–water partition coefficient (Wildman–Crippen LogP) is 2.00. The third-order valence-electron chi connectivity index (χ3n) is 5.04. The van der Waals surface area contributed by atoms with Gasteiger partial charge < -0.3 is 19.7 Å². The van der Waals surface area contributed by atoms with Gasteiger partial charge in [0, 0.05) is 12.0 Å². The molecule has 3 rings (SSSR count). The molecule has 1 atom stereocenters. The van der Waals surface area contributed by atoms with E-state index in [4.69, 9.17) is 0 Å². The summed E-state index contributed by atoms with van der Waals surface area (Å²) in [5, 5.41) is 19.7. The lowest BCUT2D eigenvalue weighted by Gasteiger charge is -2.35. The Kier molecular flexibility index (Phi) is 4.23. The fourth-order valence-electron chi connectivity index (χ4n) is 3.77. The largest absolute Gasteiger partial charge is 0.476 e. The van der Waals surface area contributed by atoms with Gasteiger partial charge in [-0.15, -0.1) is 0 Å². The summed E-state index contributed by atoms with van der Waals surface area (Å²) in [6.07, 6.45) is 3.51. The van der Waals surface area contributed by atoms with Gasteiger partial charge in [-0.05, 0) is 59.0 Å². The predicted molar refractivity (Wildman–Crippen MR) is 82.1 cm³/mol. The molecule has 1 fully saturated rings. The lowest BCUT2D eigenvalue weighted by molar-refractivity contribution is 0.0669. The number of carboxylic acids is 1.